The number of hydrazine groups is 1. The van der Waals surface area contributed by atoms with Crippen LogP contribution in [-0.2, 0) is 24.6 Å². The number of aromatic hydroxyl groups is 1. The largest absolute Gasteiger partial charge is 0.507 e. The minimum Gasteiger partial charge on any atom is -0.507 e. The lowest BCUT2D eigenvalue weighted by Crippen LogP contribution is -2.53. The van der Waals surface area contributed by atoms with Gasteiger partial charge in [0.15, 0.2) is 0 Å². The molecule has 9 nitrogen and oxygen atoms in total. The molecule has 8 rings (SSSR count). The maximum absolute atomic E-state index is 15.2. The van der Waals surface area contributed by atoms with E-state index in [9.17, 15) is 24.7 Å². The number of anilines is 1. The molecule has 2 saturated heterocycles. The fourth-order valence-electron chi connectivity index (χ4n) is 8.63. The number of hydroxylamine groups is 2. The van der Waals surface area contributed by atoms with Gasteiger partial charge in [-0.2, -0.15) is 10.1 Å². The lowest BCUT2D eigenvalue weighted by Gasteiger charge is -2.50. The van der Waals surface area contributed by atoms with E-state index in [1.54, 1.807) is 12.1 Å². The Kier molecular flexibility index (Phi) is 6.20. The van der Waals surface area contributed by atoms with Crippen molar-refractivity contribution < 1.29 is 29.5 Å². The van der Waals surface area contributed by atoms with Crippen LogP contribution in [-0.4, -0.2) is 44.0 Å². The Morgan fingerprint density at radius 1 is 0.783 bits per heavy atom. The van der Waals surface area contributed by atoms with Crippen LogP contribution in [0.5, 0.6) is 5.75 Å². The second kappa shape index (κ2) is 10.1. The van der Waals surface area contributed by atoms with E-state index < -0.39 is 58.6 Å². The lowest BCUT2D eigenvalue weighted by molar-refractivity contribution is -0.173. The van der Waals surface area contributed by atoms with Gasteiger partial charge in [0.05, 0.1) is 28.9 Å². The molecule has 3 N–H and O–H groups in total. The summed E-state index contributed by atoms with van der Waals surface area (Å²) in [7, 11) is 0. The van der Waals surface area contributed by atoms with Gasteiger partial charge < -0.3 is 5.11 Å². The van der Waals surface area contributed by atoms with Crippen molar-refractivity contribution in [2.45, 2.75) is 31.1 Å². The summed E-state index contributed by atoms with van der Waals surface area (Å²) in [5.74, 6) is -5.93. The number of carbonyl (C=O) groups excluding carboxylic acids is 4. The van der Waals surface area contributed by atoms with Gasteiger partial charge >= 0.3 is 0 Å². The maximum atomic E-state index is 15.2. The Labute approximate surface area is 264 Å². The van der Waals surface area contributed by atoms with Crippen molar-refractivity contribution in [2.75, 3.05) is 5.43 Å². The number of carbonyl (C=O) groups is 4. The third-order valence-electron chi connectivity index (χ3n) is 10.6. The second-order valence-electron chi connectivity index (χ2n) is 12.8. The number of nitrogens with one attached hydrogen (secondary N) is 1. The maximum Gasteiger partial charge on any atom is 0.260 e. The minimum absolute atomic E-state index is 0.0821. The third kappa shape index (κ3) is 3.72. The van der Waals surface area contributed by atoms with E-state index in [0.717, 1.165) is 21.7 Å². The normalized spacial score (nSPS) is 28.7. The number of allylic oxidation sites excluding steroid dienone is 2. The van der Waals surface area contributed by atoms with Crippen molar-refractivity contribution >= 4 is 40.1 Å². The van der Waals surface area contributed by atoms with Gasteiger partial charge in [-0.15, -0.1) is 0 Å². The SMILES string of the molecule is Cc1ccc(NN2C(=O)[C@@H]3C[C@@H]4C(=CC[C@@H]5C(=O)N(O)C(=O)[C@@H]54)[C@H](c4ccc(O)c5ccccc45)[C@]3(c3ccccc3)C2=O)cc1. The van der Waals surface area contributed by atoms with Crippen molar-refractivity contribution in [3.05, 3.63) is 119 Å². The summed E-state index contributed by atoms with van der Waals surface area (Å²) < 4.78 is 0. The highest BCUT2D eigenvalue weighted by atomic mass is 16.5. The topological polar surface area (TPSA) is 127 Å². The number of phenolic OH excluding ortho intramolecular Hbond substituents is 1. The van der Waals surface area contributed by atoms with Crippen LogP contribution in [0.3, 0.4) is 0 Å². The van der Waals surface area contributed by atoms with Crippen molar-refractivity contribution in [3.63, 3.8) is 0 Å². The number of amides is 4. The van der Waals surface area contributed by atoms with Gasteiger partial charge in [-0.1, -0.05) is 90.0 Å². The van der Waals surface area contributed by atoms with Crippen molar-refractivity contribution in [2.24, 2.45) is 23.7 Å². The van der Waals surface area contributed by atoms with Gasteiger partial charge in [0.1, 0.15) is 5.75 Å². The number of hydrogen-bond donors (Lipinski definition) is 3. The number of aryl methyl sites for hydroxylation is 1. The molecule has 9 heteroatoms. The Balaban J connectivity index is 1.41. The first-order valence-electron chi connectivity index (χ1n) is 15.5. The number of phenols is 1. The number of rotatable bonds is 4. The third-order valence-corrected chi connectivity index (χ3v) is 10.6. The minimum atomic E-state index is -1.42. The summed E-state index contributed by atoms with van der Waals surface area (Å²) in [5.41, 5.74) is 5.44. The molecule has 0 spiro atoms. The predicted octanol–water partition coefficient (Wildman–Crippen LogP) is 5.23. The summed E-state index contributed by atoms with van der Waals surface area (Å²) in [4.78, 5) is 56.2. The molecular formula is C37H31N3O6. The van der Waals surface area contributed by atoms with Gasteiger partial charge in [0.2, 0.25) is 0 Å². The predicted molar refractivity (Wildman–Crippen MR) is 168 cm³/mol. The highest BCUT2D eigenvalue weighted by molar-refractivity contribution is 6.13. The van der Waals surface area contributed by atoms with Crippen LogP contribution < -0.4 is 5.43 Å². The summed E-state index contributed by atoms with van der Waals surface area (Å²) >= 11 is 0. The number of fused-ring (bicyclic) bond motifs is 5. The molecule has 6 atom stereocenters. The monoisotopic (exact) mass is 613 g/mol. The molecule has 3 fully saturated rings. The molecule has 2 heterocycles. The molecule has 4 amide bonds. The molecule has 46 heavy (non-hydrogen) atoms. The molecule has 2 aliphatic carbocycles. The number of hydrogen-bond acceptors (Lipinski definition) is 7. The quantitative estimate of drug-likeness (QED) is 0.164. The Hall–Kier alpha value is -5.28. The van der Waals surface area contributed by atoms with Crippen LogP contribution in [0, 0.1) is 30.6 Å². The van der Waals surface area contributed by atoms with Crippen LogP contribution in [0.15, 0.2) is 103 Å². The number of benzene rings is 4. The van der Waals surface area contributed by atoms with Gasteiger partial charge in [-0.05, 0) is 60.4 Å². The molecule has 2 aliphatic heterocycles. The molecule has 0 aromatic heterocycles. The second-order valence-corrected chi connectivity index (χ2v) is 12.8. The fraction of sp³-hybridized carbons (Fsp3) is 0.243. The van der Waals surface area contributed by atoms with Gasteiger partial charge in [0, 0.05) is 11.3 Å². The van der Waals surface area contributed by atoms with E-state index in [0.29, 0.717) is 22.0 Å². The first kappa shape index (κ1) is 28.2. The van der Waals surface area contributed by atoms with Crippen molar-refractivity contribution in [1.82, 2.24) is 10.1 Å². The first-order chi connectivity index (χ1) is 22.2. The highest BCUT2D eigenvalue weighted by Gasteiger charge is 2.70. The van der Waals surface area contributed by atoms with E-state index in [2.05, 4.69) is 5.43 Å². The average molecular weight is 614 g/mol. The Bertz CT molecular complexity index is 1990. The Morgan fingerprint density at radius 3 is 2.22 bits per heavy atom. The van der Waals surface area contributed by atoms with Gasteiger partial charge in [0.25, 0.3) is 23.6 Å². The smallest absolute Gasteiger partial charge is 0.260 e. The van der Waals surface area contributed by atoms with Crippen molar-refractivity contribution in [1.29, 1.82) is 0 Å². The van der Waals surface area contributed by atoms with E-state index in [4.69, 9.17) is 0 Å². The van der Waals surface area contributed by atoms with Crippen LogP contribution in [0.2, 0.25) is 0 Å². The fourth-order valence-corrected chi connectivity index (χ4v) is 8.63. The average Bonchev–Trinajstić information content (AvgIpc) is 3.43. The molecule has 4 aromatic rings. The summed E-state index contributed by atoms with van der Waals surface area (Å²) in [6, 6.07) is 27.5. The molecular weight excluding hydrogens is 582 g/mol. The van der Waals surface area contributed by atoms with Crippen LogP contribution in [0.25, 0.3) is 10.8 Å². The molecule has 0 unspecified atom stereocenters. The number of imide groups is 2. The van der Waals surface area contributed by atoms with Gasteiger partial charge in [-0.25, -0.2) is 0 Å². The Morgan fingerprint density at radius 2 is 1.48 bits per heavy atom. The van der Waals surface area contributed by atoms with Crippen LogP contribution >= 0.6 is 0 Å². The van der Waals surface area contributed by atoms with E-state index in [1.165, 1.54) is 0 Å². The van der Waals surface area contributed by atoms with E-state index >= 15 is 4.79 Å². The van der Waals surface area contributed by atoms with Crippen LogP contribution in [0.1, 0.15) is 35.4 Å². The zero-order valence-corrected chi connectivity index (χ0v) is 25.0. The zero-order valence-electron chi connectivity index (χ0n) is 25.0. The van der Waals surface area contributed by atoms with E-state index in [-0.39, 0.29) is 23.7 Å². The van der Waals surface area contributed by atoms with Crippen molar-refractivity contribution in [3.8, 4) is 5.75 Å². The summed E-state index contributed by atoms with van der Waals surface area (Å²) in [6.07, 6.45) is 2.29. The molecule has 1 saturated carbocycles. The summed E-state index contributed by atoms with van der Waals surface area (Å²) in [5, 5.41) is 23.9. The van der Waals surface area contributed by atoms with E-state index in [1.807, 2.05) is 91.9 Å². The standard InChI is InChI=1S/C37H31N3O6/c1-20-11-13-22(14-12-20)38-39-34(43)29-19-28-26(15-16-27-31(28)35(44)40(46)33(27)42)32(37(29,36(39)45)21-7-3-2-4-8-21)25-17-18-30(41)24-10-6-5-9-23(24)25/h2-15,17-18,27-29,31-32,38,41,46H,16,19H2,1H3/t27-,28+,29-,31-,32-,37+/m0/s1. The zero-order chi connectivity index (χ0) is 31.9. The molecule has 0 bridgehead atoms. The molecule has 4 aromatic carbocycles. The molecule has 4 aliphatic rings. The lowest BCUT2D eigenvalue weighted by atomic mass is 9.49. The first-order valence-corrected chi connectivity index (χ1v) is 15.5. The molecule has 0 radical (unpaired) electrons. The molecule has 230 valence electrons. The van der Waals surface area contributed by atoms with Crippen LogP contribution in [0.4, 0.5) is 5.69 Å². The summed E-state index contributed by atoms with van der Waals surface area (Å²) in [6.45, 7) is 1.95. The van der Waals surface area contributed by atoms with Gasteiger partial charge in [-0.3, -0.25) is 29.8 Å². The number of nitrogens with zero attached hydrogens (tertiary/aromatic N) is 2. The highest BCUT2D eigenvalue weighted by Crippen LogP contribution is 2.64.